The van der Waals surface area contributed by atoms with Crippen molar-refractivity contribution in [1.29, 1.82) is 0 Å². The van der Waals surface area contributed by atoms with Crippen molar-refractivity contribution in [2.45, 2.75) is 19.8 Å². The van der Waals surface area contributed by atoms with Gasteiger partial charge < -0.3 is 14.6 Å². The van der Waals surface area contributed by atoms with E-state index in [1.807, 2.05) is 24.3 Å². The van der Waals surface area contributed by atoms with Gasteiger partial charge in [0.2, 0.25) is 0 Å². The smallest absolute Gasteiger partial charge is 0.119 e. The van der Waals surface area contributed by atoms with E-state index >= 15 is 0 Å². The second kappa shape index (κ2) is 7.12. The van der Waals surface area contributed by atoms with Gasteiger partial charge in [-0.1, -0.05) is 13.3 Å². The zero-order valence-electron chi connectivity index (χ0n) is 9.11. The Morgan fingerprint density at radius 3 is 2.00 bits per heavy atom. The summed E-state index contributed by atoms with van der Waals surface area (Å²) in [7, 11) is 0. The fourth-order valence-corrected chi connectivity index (χ4v) is 1.13. The van der Waals surface area contributed by atoms with Crippen LogP contribution in [0.3, 0.4) is 0 Å². The predicted octanol–water partition coefficient (Wildman–Crippen LogP) is 2.24. The third kappa shape index (κ3) is 4.70. The van der Waals surface area contributed by atoms with Gasteiger partial charge >= 0.3 is 0 Å². The number of unbranched alkanes of at least 4 members (excludes halogenated alkanes) is 1. The molecule has 0 aliphatic rings. The van der Waals surface area contributed by atoms with Crippen LogP contribution >= 0.6 is 0 Å². The van der Waals surface area contributed by atoms with E-state index in [2.05, 4.69) is 6.92 Å². The number of rotatable bonds is 7. The molecule has 84 valence electrons. The Labute approximate surface area is 90.6 Å². The maximum Gasteiger partial charge on any atom is 0.119 e. The Morgan fingerprint density at radius 2 is 1.53 bits per heavy atom. The standard InChI is InChI=1S/C12H18O3/c1-2-3-9-14-11-4-6-12(7-5-11)15-10-8-13/h4-7,13H,2-3,8-10H2,1H3. The molecule has 1 N–H and O–H groups in total. The molecule has 0 heterocycles. The molecule has 0 aromatic heterocycles. The number of ether oxygens (including phenoxy) is 2. The van der Waals surface area contributed by atoms with Gasteiger partial charge in [-0.25, -0.2) is 0 Å². The molecule has 1 rings (SSSR count). The number of hydrogen-bond acceptors (Lipinski definition) is 3. The first-order valence-electron chi connectivity index (χ1n) is 5.33. The highest BCUT2D eigenvalue weighted by Gasteiger charge is 1.95. The van der Waals surface area contributed by atoms with Crippen molar-refractivity contribution < 1.29 is 14.6 Å². The van der Waals surface area contributed by atoms with Crippen molar-refractivity contribution in [2.75, 3.05) is 19.8 Å². The molecular weight excluding hydrogens is 192 g/mol. The van der Waals surface area contributed by atoms with Gasteiger partial charge in [0.15, 0.2) is 0 Å². The van der Waals surface area contributed by atoms with Crippen LogP contribution < -0.4 is 9.47 Å². The van der Waals surface area contributed by atoms with E-state index in [-0.39, 0.29) is 6.61 Å². The minimum atomic E-state index is 0.0365. The van der Waals surface area contributed by atoms with Crippen molar-refractivity contribution in [3.63, 3.8) is 0 Å². The van der Waals surface area contributed by atoms with Gasteiger partial charge in [0.25, 0.3) is 0 Å². The summed E-state index contributed by atoms with van der Waals surface area (Å²) in [5.41, 5.74) is 0. The summed E-state index contributed by atoms with van der Waals surface area (Å²) in [5, 5.41) is 8.58. The second-order valence-electron chi connectivity index (χ2n) is 3.25. The summed E-state index contributed by atoms with van der Waals surface area (Å²) >= 11 is 0. The number of aliphatic hydroxyl groups is 1. The van der Waals surface area contributed by atoms with Gasteiger partial charge in [-0.2, -0.15) is 0 Å². The van der Waals surface area contributed by atoms with Crippen LogP contribution in [0.4, 0.5) is 0 Å². The quantitative estimate of drug-likeness (QED) is 0.701. The van der Waals surface area contributed by atoms with Crippen molar-refractivity contribution >= 4 is 0 Å². The van der Waals surface area contributed by atoms with Crippen molar-refractivity contribution in [2.24, 2.45) is 0 Å². The second-order valence-corrected chi connectivity index (χ2v) is 3.25. The van der Waals surface area contributed by atoms with Gasteiger partial charge in [-0.3, -0.25) is 0 Å². The molecule has 0 bridgehead atoms. The molecule has 0 amide bonds. The fraction of sp³-hybridized carbons (Fsp3) is 0.500. The van der Waals surface area contributed by atoms with Crippen LogP contribution in [0, 0.1) is 0 Å². The average molecular weight is 210 g/mol. The minimum Gasteiger partial charge on any atom is -0.494 e. The van der Waals surface area contributed by atoms with Crippen molar-refractivity contribution in [3.8, 4) is 11.5 Å². The molecular formula is C12H18O3. The lowest BCUT2D eigenvalue weighted by Gasteiger charge is -2.07. The molecule has 0 atom stereocenters. The molecule has 1 aromatic rings. The summed E-state index contributed by atoms with van der Waals surface area (Å²) < 4.78 is 10.7. The molecule has 0 spiro atoms. The Kier molecular flexibility index (Phi) is 5.63. The Bertz CT molecular complexity index is 256. The number of benzene rings is 1. The minimum absolute atomic E-state index is 0.0365. The molecule has 3 nitrogen and oxygen atoms in total. The monoisotopic (exact) mass is 210 g/mol. The average Bonchev–Trinajstić information content (AvgIpc) is 2.28. The zero-order chi connectivity index (χ0) is 10.9. The van der Waals surface area contributed by atoms with Gasteiger partial charge in [-0.15, -0.1) is 0 Å². The Balaban J connectivity index is 2.35. The fourth-order valence-electron chi connectivity index (χ4n) is 1.13. The molecule has 0 saturated heterocycles. The first-order chi connectivity index (χ1) is 7.36. The van der Waals surface area contributed by atoms with Gasteiger partial charge in [0.1, 0.15) is 18.1 Å². The Hall–Kier alpha value is -1.22. The lowest BCUT2D eigenvalue weighted by atomic mass is 10.3. The molecule has 0 radical (unpaired) electrons. The summed E-state index contributed by atoms with van der Waals surface area (Å²) in [6, 6.07) is 7.44. The van der Waals surface area contributed by atoms with Crippen LogP contribution in [-0.4, -0.2) is 24.9 Å². The van der Waals surface area contributed by atoms with E-state index < -0.39 is 0 Å². The third-order valence-corrected chi connectivity index (χ3v) is 1.95. The highest BCUT2D eigenvalue weighted by Crippen LogP contribution is 2.17. The summed E-state index contributed by atoms with van der Waals surface area (Å²) in [4.78, 5) is 0. The molecule has 0 aliphatic carbocycles. The van der Waals surface area contributed by atoms with E-state index in [9.17, 15) is 0 Å². The maximum atomic E-state index is 8.58. The predicted molar refractivity (Wildman–Crippen MR) is 59.4 cm³/mol. The van der Waals surface area contributed by atoms with Crippen LogP contribution in [-0.2, 0) is 0 Å². The summed E-state index contributed by atoms with van der Waals surface area (Å²) in [6.07, 6.45) is 2.21. The topological polar surface area (TPSA) is 38.7 Å². The first-order valence-corrected chi connectivity index (χ1v) is 5.33. The number of aliphatic hydroxyl groups excluding tert-OH is 1. The van der Waals surface area contributed by atoms with Crippen LogP contribution in [0.1, 0.15) is 19.8 Å². The maximum absolute atomic E-state index is 8.58. The van der Waals surface area contributed by atoms with Crippen LogP contribution in [0.5, 0.6) is 11.5 Å². The van der Waals surface area contributed by atoms with Crippen molar-refractivity contribution in [1.82, 2.24) is 0 Å². The van der Waals surface area contributed by atoms with Crippen LogP contribution in [0.15, 0.2) is 24.3 Å². The first kappa shape index (κ1) is 11.9. The Morgan fingerprint density at radius 1 is 1.00 bits per heavy atom. The largest absolute Gasteiger partial charge is 0.494 e. The molecule has 0 unspecified atom stereocenters. The van der Waals surface area contributed by atoms with Crippen LogP contribution in [0.2, 0.25) is 0 Å². The molecule has 0 aliphatic heterocycles. The van der Waals surface area contributed by atoms with E-state index in [1.165, 1.54) is 0 Å². The van der Waals surface area contributed by atoms with Crippen LogP contribution in [0.25, 0.3) is 0 Å². The van der Waals surface area contributed by atoms with E-state index in [4.69, 9.17) is 14.6 Å². The van der Waals surface area contributed by atoms with Gasteiger partial charge in [-0.05, 0) is 30.7 Å². The lowest BCUT2D eigenvalue weighted by molar-refractivity contribution is 0.201. The molecule has 3 heteroatoms. The molecule has 0 fully saturated rings. The number of hydrogen-bond donors (Lipinski definition) is 1. The van der Waals surface area contributed by atoms with E-state index in [1.54, 1.807) is 0 Å². The highest BCUT2D eigenvalue weighted by molar-refractivity contribution is 5.31. The molecule has 1 aromatic carbocycles. The molecule has 15 heavy (non-hydrogen) atoms. The van der Waals surface area contributed by atoms with E-state index in [0.717, 1.165) is 30.9 Å². The normalized spacial score (nSPS) is 10.0. The summed E-state index contributed by atoms with van der Waals surface area (Å²) in [5.74, 6) is 1.62. The van der Waals surface area contributed by atoms with Crippen molar-refractivity contribution in [3.05, 3.63) is 24.3 Å². The third-order valence-electron chi connectivity index (χ3n) is 1.95. The molecule has 0 saturated carbocycles. The van der Waals surface area contributed by atoms with Gasteiger partial charge in [0.05, 0.1) is 13.2 Å². The SMILES string of the molecule is CCCCOc1ccc(OCCO)cc1. The highest BCUT2D eigenvalue weighted by atomic mass is 16.5. The summed E-state index contributed by atoms with van der Waals surface area (Å²) in [6.45, 7) is 3.26. The zero-order valence-corrected chi connectivity index (χ0v) is 9.11. The lowest BCUT2D eigenvalue weighted by Crippen LogP contribution is -2.01. The van der Waals surface area contributed by atoms with Gasteiger partial charge in [0, 0.05) is 0 Å². The van der Waals surface area contributed by atoms with E-state index in [0.29, 0.717) is 6.61 Å².